The van der Waals surface area contributed by atoms with Gasteiger partial charge in [-0.1, -0.05) is 12.8 Å². The number of aliphatic hydroxyl groups is 1. The molecule has 1 N–H and O–H groups in total. The molecular weight excluding hydrogens is 204 g/mol. The van der Waals surface area contributed by atoms with Gasteiger partial charge in [-0.15, -0.1) is 0 Å². The zero-order valence-electron chi connectivity index (χ0n) is 9.91. The molecule has 2 atom stereocenters. The maximum absolute atomic E-state index is 9.81. The number of fused-ring (bicyclic) bond motifs is 1. The molecule has 2 unspecified atom stereocenters. The van der Waals surface area contributed by atoms with Crippen molar-refractivity contribution in [2.45, 2.75) is 50.7 Å². The van der Waals surface area contributed by atoms with Crippen molar-refractivity contribution in [3.63, 3.8) is 0 Å². The van der Waals surface area contributed by atoms with E-state index in [0.717, 1.165) is 32.5 Å². The molecule has 3 fully saturated rings. The lowest BCUT2D eigenvalue weighted by Gasteiger charge is -2.51. The molecule has 3 aliphatic rings. The van der Waals surface area contributed by atoms with Crippen LogP contribution in [-0.4, -0.2) is 30.7 Å². The molecule has 1 spiro atoms. The largest absolute Gasteiger partial charge is 0.396 e. The molecule has 3 rings (SSSR count). The van der Waals surface area contributed by atoms with Gasteiger partial charge in [-0.05, 0) is 25.2 Å². The normalized spacial score (nSPS) is 42.2. The highest BCUT2D eigenvalue weighted by molar-refractivity contribution is 4.99. The van der Waals surface area contributed by atoms with Crippen molar-refractivity contribution < 1.29 is 14.6 Å². The second-order valence-electron chi connectivity index (χ2n) is 5.79. The van der Waals surface area contributed by atoms with Gasteiger partial charge in [0.05, 0.1) is 13.2 Å². The smallest absolute Gasteiger partial charge is 0.169 e. The van der Waals surface area contributed by atoms with E-state index in [1.54, 1.807) is 0 Å². The van der Waals surface area contributed by atoms with Gasteiger partial charge in [0.1, 0.15) is 0 Å². The van der Waals surface area contributed by atoms with Gasteiger partial charge >= 0.3 is 0 Å². The Kier molecular flexibility index (Phi) is 2.73. The summed E-state index contributed by atoms with van der Waals surface area (Å²) in [6, 6.07) is 0. The molecule has 0 aromatic rings. The van der Waals surface area contributed by atoms with Crippen molar-refractivity contribution in [3.05, 3.63) is 0 Å². The predicted octanol–water partition coefficient (Wildman–Crippen LogP) is 2.08. The van der Waals surface area contributed by atoms with Crippen LogP contribution in [0.25, 0.3) is 0 Å². The average molecular weight is 226 g/mol. The second kappa shape index (κ2) is 3.97. The summed E-state index contributed by atoms with van der Waals surface area (Å²) in [7, 11) is 0. The Morgan fingerprint density at radius 1 is 1.06 bits per heavy atom. The third-order valence-corrected chi connectivity index (χ3v) is 4.97. The summed E-state index contributed by atoms with van der Waals surface area (Å²) in [4.78, 5) is 0. The van der Waals surface area contributed by atoms with Crippen molar-refractivity contribution in [2.75, 3.05) is 19.8 Å². The van der Waals surface area contributed by atoms with Crippen LogP contribution in [0.5, 0.6) is 0 Å². The second-order valence-corrected chi connectivity index (χ2v) is 5.79. The molecule has 3 heteroatoms. The molecule has 16 heavy (non-hydrogen) atoms. The summed E-state index contributed by atoms with van der Waals surface area (Å²) in [5, 5.41) is 9.81. The maximum Gasteiger partial charge on any atom is 0.169 e. The molecule has 0 radical (unpaired) electrons. The maximum atomic E-state index is 9.81. The minimum Gasteiger partial charge on any atom is -0.396 e. The Balaban J connectivity index is 1.82. The van der Waals surface area contributed by atoms with Crippen LogP contribution < -0.4 is 0 Å². The van der Waals surface area contributed by atoms with Crippen LogP contribution in [0.15, 0.2) is 0 Å². The van der Waals surface area contributed by atoms with Crippen LogP contribution in [-0.2, 0) is 9.47 Å². The first-order valence-electron chi connectivity index (χ1n) is 6.67. The van der Waals surface area contributed by atoms with E-state index in [9.17, 15) is 5.11 Å². The van der Waals surface area contributed by atoms with Crippen molar-refractivity contribution in [3.8, 4) is 0 Å². The molecule has 2 aliphatic carbocycles. The SMILES string of the molecule is OCC12CCCCC1CCC1(C2)OCCO1. The Hall–Kier alpha value is -0.120. The molecule has 1 saturated heterocycles. The molecule has 1 heterocycles. The van der Waals surface area contributed by atoms with E-state index in [1.807, 2.05) is 0 Å². The minimum atomic E-state index is -0.337. The van der Waals surface area contributed by atoms with Gasteiger partial charge in [-0.3, -0.25) is 0 Å². The fourth-order valence-corrected chi connectivity index (χ4v) is 4.09. The Morgan fingerprint density at radius 2 is 1.88 bits per heavy atom. The van der Waals surface area contributed by atoms with Gasteiger partial charge in [-0.2, -0.15) is 0 Å². The summed E-state index contributed by atoms with van der Waals surface area (Å²) >= 11 is 0. The number of hydrogen-bond donors (Lipinski definition) is 1. The van der Waals surface area contributed by atoms with E-state index in [2.05, 4.69) is 0 Å². The van der Waals surface area contributed by atoms with E-state index >= 15 is 0 Å². The molecule has 0 aromatic carbocycles. The summed E-state index contributed by atoms with van der Waals surface area (Å²) in [6.07, 6.45) is 8.15. The van der Waals surface area contributed by atoms with Crippen molar-refractivity contribution in [2.24, 2.45) is 11.3 Å². The lowest BCUT2D eigenvalue weighted by Crippen LogP contribution is -2.50. The van der Waals surface area contributed by atoms with Gasteiger partial charge in [-0.25, -0.2) is 0 Å². The summed E-state index contributed by atoms with van der Waals surface area (Å²) in [5.74, 6) is 0.362. The van der Waals surface area contributed by atoms with Crippen LogP contribution in [0.1, 0.15) is 44.9 Å². The Labute approximate surface area is 97.1 Å². The van der Waals surface area contributed by atoms with E-state index in [1.165, 1.54) is 25.7 Å². The third kappa shape index (κ3) is 1.60. The van der Waals surface area contributed by atoms with Crippen LogP contribution in [0, 0.1) is 11.3 Å². The van der Waals surface area contributed by atoms with Crippen molar-refractivity contribution >= 4 is 0 Å². The van der Waals surface area contributed by atoms with Crippen molar-refractivity contribution in [1.82, 2.24) is 0 Å². The fraction of sp³-hybridized carbons (Fsp3) is 1.00. The predicted molar refractivity (Wildman–Crippen MR) is 60.0 cm³/mol. The van der Waals surface area contributed by atoms with E-state index in [0.29, 0.717) is 12.5 Å². The molecular formula is C13H22O3. The Morgan fingerprint density at radius 3 is 2.62 bits per heavy atom. The first-order valence-corrected chi connectivity index (χ1v) is 6.67. The standard InChI is InChI=1S/C13H22O3/c14-10-12-5-2-1-3-11(12)4-6-13(9-12)15-7-8-16-13/h11,14H,1-10H2. The number of hydrogen-bond acceptors (Lipinski definition) is 3. The van der Waals surface area contributed by atoms with Gasteiger partial charge in [0.25, 0.3) is 0 Å². The molecule has 0 amide bonds. The van der Waals surface area contributed by atoms with Crippen LogP contribution >= 0.6 is 0 Å². The summed E-state index contributed by atoms with van der Waals surface area (Å²) < 4.78 is 11.6. The zero-order chi connectivity index (χ0) is 11.1. The summed E-state index contributed by atoms with van der Waals surface area (Å²) in [5.41, 5.74) is 0.0981. The van der Waals surface area contributed by atoms with Crippen LogP contribution in [0.4, 0.5) is 0 Å². The van der Waals surface area contributed by atoms with Crippen LogP contribution in [0.2, 0.25) is 0 Å². The molecule has 3 nitrogen and oxygen atoms in total. The quantitative estimate of drug-likeness (QED) is 0.744. The first-order chi connectivity index (χ1) is 7.79. The number of rotatable bonds is 1. The lowest BCUT2D eigenvalue weighted by molar-refractivity contribution is -0.225. The van der Waals surface area contributed by atoms with E-state index in [-0.39, 0.29) is 11.2 Å². The average Bonchev–Trinajstić information content (AvgIpc) is 2.77. The Bertz CT molecular complexity index is 260. The van der Waals surface area contributed by atoms with Gasteiger partial charge in [0, 0.05) is 24.9 Å². The highest BCUT2D eigenvalue weighted by Crippen LogP contribution is 2.54. The van der Waals surface area contributed by atoms with Gasteiger partial charge < -0.3 is 14.6 Å². The third-order valence-electron chi connectivity index (χ3n) is 4.97. The molecule has 2 saturated carbocycles. The van der Waals surface area contributed by atoms with Crippen molar-refractivity contribution in [1.29, 1.82) is 0 Å². The topological polar surface area (TPSA) is 38.7 Å². The molecule has 1 aliphatic heterocycles. The number of aliphatic hydroxyl groups excluding tert-OH is 1. The monoisotopic (exact) mass is 226 g/mol. The van der Waals surface area contributed by atoms with E-state index < -0.39 is 0 Å². The minimum absolute atomic E-state index is 0.0981. The van der Waals surface area contributed by atoms with Crippen LogP contribution in [0.3, 0.4) is 0 Å². The fourth-order valence-electron chi connectivity index (χ4n) is 4.09. The zero-order valence-corrected chi connectivity index (χ0v) is 9.91. The highest BCUT2D eigenvalue weighted by Gasteiger charge is 2.53. The lowest BCUT2D eigenvalue weighted by atomic mass is 9.58. The molecule has 92 valence electrons. The summed E-state index contributed by atoms with van der Waals surface area (Å²) in [6.45, 7) is 1.77. The highest BCUT2D eigenvalue weighted by atomic mass is 16.7. The molecule has 0 bridgehead atoms. The van der Waals surface area contributed by atoms with Gasteiger partial charge in [0.2, 0.25) is 0 Å². The number of ether oxygens (including phenoxy) is 2. The first kappa shape index (κ1) is 11.0. The van der Waals surface area contributed by atoms with E-state index in [4.69, 9.17) is 9.47 Å². The van der Waals surface area contributed by atoms with Gasteiger partial charge in [0.15, 0.2) is 5.79 Å². The molecule has 0 aromatic heterocycles.